The summed E-state index contributed by atoms with van der Waals surface area (Å²) in [5.74, 6) is 0.149. The molecule has 0 bridgehead atoms. The molecule has 4 rings (SSSR count). The number of nitrogens with one attached hydrogen (secondary N) is 1. The first-order valence-electron chi connectivity index (χ1n) is 11.6. The lowest BCUT2D eigenvalue weighted by Crippen LogP contribution is -2.33. The van der Waals surface area contributed by atoms with Crippen molar-refractivity contribution < 1.29 is 19.1 Å². The van der Waals surface area contributed by atoms with Gasteiger partial charge in [-0.05, 0) is 60.2 Å². The number of ether oxygens (including phenoxy) is 2. The molecule has 0 saturated carbocycles. The Labute approximate surface area is 219 Å². The zero-order valence-corrected chi connectivity index (χ0v) is 22.3. The first-order chi connectivity index (χ1) is 17.0. The normalized spacial score (nSPS) is 18.8. The van der Waals surface area contributed by atoms with Crippen LogP contribution < -0.4 is 15.8 Å². The average Bonchev–Trinajstić information content (AvgIpc) is 2.78. The van der Waals surface area contributed by atoms with Crippen LogP contribution in [0.4, 0.5) is 5.69 Å². The van der Waals surface area contributed by atoms with Gasteiger partial charge in [-0.15, -0.1) is 0 Å². The molecule has 1 unspecified atom stereocenters. The van der Waals surface area contributed by atoms with Crippen LogP contribution >= 0.6 is 15.9 Å². The number of hydrogen-bond acceptors (Lipinski definition) is 6. The maximum atomic E-state index is 13.1. The van der Waals surface area contributed by atoms with Crippen molar-refractivity contribution in [2.24, 2.45) is 11.1 Å². The summed E-state index contributed by atoms with van der Waals surface area (Å²) in [6, 6.07) is 13.0. The molecule has 3 N–H and O–H groups in total. The number of halogens is 1. The maximum absolute atomic E-state index is 13.1. The SMILES string of the molecule is Cc1cc(Br)cc(C)c1NC(=O)COc1ccc(C2C(C#N)=C(N)OC3=C2C(=O)CC(C)(C)C3)cc1. The fourth-order valence-corrected chi connectivity index (χ4v) is 5.49. The standard InChI is InChI=1S/C28H28BrN3O4/c1-15-9-18(29)10-16(2)26(15)32-23(34)14-35-19-7-5-17(6-8-19)24-20(13-30)27(31)36-22-12-28(3,4)11-21(33)25(22)24/h5-10,24H,11-12,14,31H2,1-4H3,(H,32,34). The van der Waals surface area contributed by atoms with E-state index in [0.29, 0.717) is 29.9 Å². The van der Waals surface area contributed by atoms with Gasteiger partial charge < -0.3 is 20.5 Å². The third-order valence-electron chi connectivity index (χ3n) is 6.42. The second-order valence-corrected chi connectivity index (χ2v) is 10.9. The Hall–Kier alpha value is -3.57. The van der Waals surface area contributed by atoms with E-state index in [-0.39, 0.29) is 35.2 Å². The number of Topliss-reactive ketones (excluding diaryl/α,β-unsaturated/α-hetero) is 1. The highest BCUT2D eigenvalue weighted by atomic mass is 79.9. The summed E-state index contributed by atoms with van der Waals surface area (Å²) < 4.78 is 12.4. The molecule has 2 aliphatic rings. The Morgan fingerprint density at radius 1 is 1.22 bits per heavy atom. The summed E-state index contributed by atoms with van der Waals surface area (Å²) in [4.78, 5) is 25.6. The molecule has 1 atom stereocenters. The Balaban J connectivity index is 1.51. The third-order valence-corrected chi connectivity index (χ3v) is 6.88. The largest absolute Gasteiger partial charge is 0.484 e. The Morgan fingerprint density at radius 2 is 1.86 bits per heavy atom. The van der Waals surface area contributed by atoms with Crippen LogP contribution in [0.25, 0.3) is 0 Å². The highest BCUT2D eigenvalue weighted by Crippen LogP contribution is 2.47. The van der Waals surface area contributed by atoms with Crippen molar-refractivity contribution in [2.75, 3.05) is 11.9 Å². The number of carbonyl (C=O) groups excluding carboxylic acids is 2. The minimum Gasteiger partial charge on any atom is -0.484 e. The fourth-order valence-electron chi connectivity index (χ4n) is 4.81. The van der Waals surface area contributed by atoms with Crippen LogP contribution in [-0.4, -0.2) is 18.3 Å². The molecule has 1 heterocycles. The topological polar surface area (TPSA) is 114 Å². The van der Waals surface area contributed by atoms with Gasteiger partial charge in [0.15, 0.2) is 12.4 Å². The molecule has 0 saturated heterocycles. The zero-order valence-electron chi connectivity index (χ0n) is 20.7. The highest BCUT2D eigenvalue weighted by molar-refractivity contribution is 9.10. The summed E-state index contributed by atoms with van der Waals surface area (Å²) in [7, 11) is 0. The van der Waals surface area contributed by atoms with Gasteiger partial charge in [0.2, 0.25) is 5.88 Å². The molecule has 1 aliphatic heterocycles. The molecule has 2 aromatic carbocycles. The monoisotopic (exact) mass is 549 g/mol. The Bertz CT molecular complexity index is 1330. The molecular formula is C28H28BrN3O4. The van der Waals surface area contributed by atoms with E-state index in [2.05, 4.69) is 27.3 Å². The summed E-state index contributed by atoms with van der Waals surface area (Å²) in [5, 5.41) is 12.7. The summed E-state index contributed by atoms with van der Waals surface area (Å²) in [5.41, 5.74) is 9.95. The lowest BCUT2D eigenvalue weighted by atomic mass is 9.70. The van der Waals surface area contributed by atoms with Crippen LogP contribution in [0.3, 0.4) is 0 Å². The molecule has 186 valence electrons. The number of allylic oxidation sites excluding steroid dienone is 3. The minimum atomic E-state index is -0.594. The first-order valence-corrected chi connectivity index (χ1v) is 12.4. The number of carbonyl (C=O) groups is 2. The van der Waals surface area contributed by atoms with E-state index in [9.17, 15) is 14.9 Å². The van der Waals surface area contributed by atoms with Gasteiger partial charge in [-0.1, -0.05) is 41.9 Å². The van der Waals surface area contributed by atoms with Crippen molar-refractivity contribution >= 4 is 33.3 Å². The van der Waals surface area contributed by atoms with E-state index < -0.39 is 5.92 Å². The lowest BCUT2D eigenvalue weighted by Gasteiger charge is -2.37. The van der Waals surface area contributed by atoms with E-state index in [1.165, 1.54) is 0 Å². The average molecular weight is 550 g/mol. The van der Waals surface area contributed by atoms with Gasteiger partial charge in [0.05, 0.1) is 5.92 Å². The number of nitrogens with zero attached hydrogens (tertiary/aromatic N) is 1. The first kappa shape index (κ1) is 25.5. The number of rotatable bonds is 5. The summed E-state index contributed by atoms with van der Waals surface area (Å²) >= 11 is 3.45. The smallest absolute Gasteiger partial charge is 0.262 e. The molecule has 0 radical (unpaired) electrons. The molecule has 36 heavy (non-hydrogen) atoms. The van der Waals surface area contributed by atoms with Crippen LogP contribution in [0.2, 0.25) is 0 Å². The van der Waals surface area contributed by atoms with Crippen molar-refractivity contribution in [2.45, 2.75) is 46.5 Å². The van der Waals surface area contributed by atoms with Crippen molar-refractivity contribution in [1.82, 2.24) is 0 Å². The van der Waals surface area contributed by atoms with Gasteiger partial charge in [0.25, 0.3) is 5.91 Å². The predicted molar refractivity (Wildman–Crippen MR) is 140 cm³/mol. The summed E-state index contributed by atoms with van der Waals surface area (Å²) in [6.45, 7) is 7.71. The van der Waals surface area contributed by atoms with E-state index in [4.69, 9.17) is 15.2 Å². The number of ketones is 1. The number of amides is 1. The van der Waals surface area contributed by atoms with Gasteiger partial charge in [0, 0.05) is 28.6 Å². The van der Waals surface area contributed by atoms with E-state index in [0.717, 1.165) is 26.9 Å². The van der Waals surface area contributed by atoms with E-state index in [1.807, 2.05) is 39.8 Å². The minimum absolute atomic E-state index is 0.0299. The second kappa shape index (κ2) is 9.82. The van der Waals surface area contributed by atoms with Crippen LogP contribution in [-0.2, 0) is 14.3 Å². The number of anilines is 1. The molecule has 1 aliphatic carbocycles. The predicted octanol–water partition coefficient (Wildman–Crippen LogP) is 5.53. The Morgan fingerprint density at radius 3 is 2.47 bits per heavy atom. The molecule has 0 aromatic heterocycles. The lowest BCUT2D eigenvalue weighted by molar-refractivity contribution is -0.119. The molecule has 1 amide bonds. The molecule has 8 heteroatoms. The fraction of sp³-hybridized carbons (Fsp3) is 0.321. The molecule has 0 fully saturated rings. The quantitative estimate of drug-likeness (QED) is 0.506. The highest BCUT2D eigenvalue weighted by Gasteiger charge is 2.42. The molecule has 2 aromatic rings. The van der Waals surface area contributed by atoms with E-state index in [1.54, 1.807) is 24.3 Å². The van der Waals surface area contributed by atoms with Gasteiger partial charge in [-0.2, -0.15) is 5.26 Å². The van der Waals surface area contributed by atoms with Crippen molar-refractivity contribution in [1.29, 1.82) is 5.26 Å². The van der Waals surface area contributed by atoms with Gasteiger partial charge in [-0.25, -0.2) is 0 Å². The van der Waals surface area contributed by atoms with Crippen LogP contribution in [0.1, 0.15) is 49.3 Å². The van der Waals surface area contributed by atoms with Crippen molar-refractivity contribution in [3.63, 3.8) is 0 Å². The number of benzene rings is 2. The number of aryl methyl sites for hydroxylation is 2. The Kier molecular flexibility index (Phi) is 6.96. The third kappa shape index (κ3) is 5.17. The van der Waals surface area contributed by atoms with Crippen LogP contribution in [0, 0.1) is 30.6 Å². The van der Waals surface area contributed by atoms with Gasteiger partial charge in [-0.3, -0.25) is 9.59 Å². The van der Waals surface area contributed by atoms with E-state index >= 15 is 0 Å². The van der Waals surface area contributed by atoms with Crippen LogP contribution in [0.5, 0.6) is 5.75 Å². The summed E-state index contributed by atoms with van der Waals surface area (Å²) in [6.07, 6.45) is 0.940. The molecular weight excluding hydrogens is 522 g/mol. The second-order valence-electron chi connectivity index (χ2n) is 10.0. The maximum Gasteiger partial charge on any atom is 0.262 e. The van der Waals surface area contributed by atoms with Crippen LogP contribution in [0.15, 0.2) is 63.7 Å². The zero-order chi connectivity index (χ0) is 26.2. The van der Waals surface area contributed by atoms with Gasteiger partial charge >= 0.3 is 0 Å². The van der Waals surface area contributed by atoms with Gasteiger partial charge in [0.1, 0.15) is 23.2 Å². The van der Waals surface area contributed by atoms with Crippen molar-refractivity contribution in [3.8, 4) is 11.8 Å². The number of hydrogen-bond donors (Lipinski definition) is 2. The van der Waals surface area contributed by atoms with Crippen molar-refractivity contribution in [3.05, 3.63) is 80.3 Å². The molecule has 7 nitrogen and oxygen atoms in total. The molecule has 0 spiro atoms. The number of nitrogens with two attached hydrogens (primary N) is 1. The number of nitriles is 1.